The summed E-state index contributed by atoms with van der Waals surface area (Å²) in [6.07, 6.45) is 1.93. The summed E-state index contributed by atoms with van der Waals surface area (Å²) in [5.41, 5.74) is 2.86. The Morgan fingerprint density at radius 1 is 0.900 bits per heavy atom. The molecule has 3 rings (SSSR count). The molecule has 0 aliphatic heterocycles. The van der Waals surface area contributed by atoms with Crippen LogP contribution in [0.2, 0.25) is 0 Å². The Hall–Kier alpha value is -4.04. The number of rotatable bonds is 7. The van der Waals surface area contributed by atoms with E-state index in [2.05, 4.69) is 6.07 Å². The first-order valence-electron chi connectivity index (χ1n) is 9.32. The maximum Gasteiger partial charge on any atom is 0.315 e. The van der Waals surface area contributed by atoms with E-state index in [1.54, 1.807) is 56.7 Å². The van der Waals surface area contributed by atoms with Gasteiger partial charge >= 0.3 is 5.97 Å². The summed E-state index contributed by atoms with van der Waals surface area (Å²) in [5.74, 6) is 1.46. The Morgan fingerprint density at radius 3 is 2.20 bits per heavy atom. The van der Waals surface area contributed by atoms with E-state index in [0.717, 1.165) is 22.4 Å². The molecule has 0 heterocycles. The molecule has 3 aromatic rings. The van der Waals surface area contributed by atoms with Crippen LogP contribution < -0.4 is 14.2 Å². The lowest BCUT2D eigenvalue weighted by Crippen LogP contribution is -2.11. The standard InChI is InChI=1S/C25H21NO4/c1-28-21-11-7-19(8-12-21)16-25(27)30-22-13-9-18(10-14-22)15-20(17-26)23-5-3-4-6-24(23)29-2/h3-15H,16H2,1-2H3/b20-15-. The monoisotopic (exact) mass is 399 g/mol. The van der Waals surface area contributed by atoms with Gasteiger partial charge in [-0.15, -0.1) is 0 Å². The molecule has 0 aliphatic rings. The molecule has 0 saturated carbocycles. The number of carbonyl (C=O) groups is 1. The lowest BCUT2D eigenvalue weighted by atomic mass is 10.0. The van der Waals surface area contributed by atoms with E-state index in [-0.39, 0.29) is 12.4 Å². The van der Waals surface area contributed by atoms with Gasteiger partial charge in [0.1, 0.15) is 17.2 Å². The van der Waals surface area contributed by atoms with Gasteiger partial charge in [-0.1, -0.05) is 36.4 Å². The summed E-state index contributed by atoms with van der Waals surface area (Å²) in [5, 5.41) is 9.56. The number of nitriles is 1. The normalized spacial score (nSPS) is 10.8. The van der Waals surface area contributed by atoms with Gasteiger partial charge in [0.15, 0.2) is 0 Å². The molecule has 3 aromatic carbocycles. The van der Waals surface area contributed by atoms with E-state index >= 15 is 0 Å². The number of carbonyl (C=O) groups excluding carboxylic acids is 1. The van der Waals surface area contributed by atoms with Crippen molar-refractivity contribution in [3.8, 4) is 23.3 Å². The van der Waals surface area contributed by atoms with Crippen LogP contribution in [0.5, 0.6) is 17.2 Å². The third kappa shape index (κ3) is 5.27. The van der Waals surface area contributed by atoms with Crippen LogP contribution in [-0.2, 0) is 11.2 Å². The molecule has 0 radical (unpaired) electrons. The Morgan fingerprint density at radius 2 is 1.57 bits per heavy atom. The molecule has 0 spiro atoms. The molecule has 5 heteroatoms. The summed E-state index contributed by atoms with van der Waals surface area (Å²) >= 11 is 0. The highest BCUT2D eigenvalue weighted by molar-refractivity contribution is 5.91. The van der Waals surface area contributed by atoms with E-state index in [9.17, 15) is 10.1 Å². The average molecular weight is 399 g/mol. The third-order valence-corrected chi connectivity index (χ3v) is 4.45. The molecular weight excluding hydrogens is 378 g/mol. The molecule has 0 fully saturated rings. The van der Waals surface area contributed by atoms with Crippen LogP contribution in [0, 0.1) is 11.3 Å². The van der Waals surface area contributed by atoms with Crippen molar-refractivity contribution in [3.05, 3.63) is 89.5 Å². The van der Waals surface area contributed by atoms with Crippen molar-refractivity contribution in [2.45, 2.75) is 6.42 Å². The van der Waals surface area contributed by atoms with Crippen molar-refractivity contribution < 1.29 is 19.0 Å². The molecule has 0 saturated heterocycles. The number of methoxy groups -OCH3 is 2. The fourth-order valence-electron chi connectivity index (χ4n) is 2.91. The average Bonchev–Trinajstić information content (AvgIpc) is 2.79. The zero-order chi connectivity index (χ0) is 21.3. The molecule has 0 bridgehead atoms. The molecule has 30 heavy (non-hydrogen) atoms. The Balaban J connectivity index is 1.68. The highest BCUT2D eigenvalue weighted by atomic mass is 16.5. The van der Waals surface area contributed by atoms with Crippen molar-refractivity contribution in [2.75, 3.05) is 14.2 Å². The number of allylic oxidation sites excluding steroid dienone is 1. The van der Waals surface area contributed by atoms with E-state index in [0.29, 0.717) is 17.1 Å². The lowest BCUT2D eigenvalue weighted by Gasteiger charge is -2.08. The van der Waals surface area contributed by atoms with Crippen LogP contribution in [-0.4, -0.2) is 20.2 Å². The predicted molar refractivity (Wildman–Crippen MR) is 115 cm³/mol. The van der Waals surface area contributed by atoms with Crippen molar-refractivity contribution in [2.24, 2.45) is 0 Å². The van der Waals surface area contributed by atoms with Gasteiger partial charge in [-0.05, 0) is 53.6 Å². The summed E-state index contributed by atoms with van der Waals surface area (Å²) in [7, 11) is 3.17. The van der Waals surface area contributed by atoms with E-state index in [4.69, 9.17) is 14.2 Å². The second-order valence-electron chi connectivity index (χ2n) is 6.44. The van der Waals surface area contributed by atoms with Crippen LogP contribution in [0.15, 0.2) is 72.8 Å². The van der Waals surface area contributed by atoms with Gasteiger partial charge in [0, 0.05) is 5.56 Å². The number of esters is 1. The maximum atomic E-state index is 12.2. The van der Waals surface area contributed by atoms with Crippen LogP contribution in [0.4, 0.5) is 0 Å². The second kappa shape index (κ2) is 9.94. The van der Waals surface area contributed by atoms with Gasteiger partial charge in [0.25, 0.3) is 0 Å². The summed E-state index contributed by atoms with van der Waals surface area (Å²) < 4.78 is 15.9. The topological polar surface area (TPSA) is 68.5 Å². The van der Waals surface area contributed by atoms with Crippen LogP contribution in [0.25, 0.3) is 11.6 Å². The first kappa shape index (κ1) is 20.7. The molecule has 0 N–H and O–H groups in total. The van der Waals surface area contributed by atoms with E-state index in [1.807, 2.05) is 36.4 Å². The second-order valence-corrected chi connectivity index (χ2v) is 6.44. The van der Waals surface area contributed by atoms with Gasteiger partial charge in [-0.3, -0.25) is 4.79 Å². The van der Waals surface area contributed by atoms with Crippen molar-refractivity contribution in [1.29, 1.82) is 5.26 Å². The van der Waals surface area contributed by atoms with Gasteiger partial charge in [0.2, 0.25) is 0 Å². The Kier molecular flexibility index (Phi) is 6.86. The fourth-order valence-corrected chi connectivity index (χ4v) is 2.91. The largest absolute Gasteiger partial charge is 0.497 e. The van der Waals surface area contributed by atoms with Gasteiger partial charge < -0.3 is 14.2 Å². The summed E-state index contributed by atoms with van der Waals surface area (Å²) in [6.45, 7) is 0. The highest BCUT2D eigenvalue weighted by Crippen LogP contribution is 2.27. The molecule has 0 unspecified atom stereocenters. The van der Waals surface area contributed by atoms with E-state index < -0.39 is 0 Å². The van der Waals surface area contributed by atoms with E-state index in [1.165, 1.54) is 0 Å². The zero-order valence-corrected chi connectivity index (χ0v) is 16.8. The van der Waals surface area contributed by atoms with Gasteiger partial charge in [-0.2, -0.15) is 5.26 Å². The maximum absolute atomic E-state index is 12.2. The minimum Gasteiger partial charge on any atom is -0.497 e. The predicted octanol–water partition coefficient (Wildman–Crippen LogP) is 4.92. The molecule has 0 amide bonds. The lowest BCUT2D eigenvalue weighted by molar-refractivity contribution is -0.133. The van der Waals surface area contributed by atoms with Gasteiger partial charge in [0.05, 0.1) is 32.3 Å². The fraction of sp³-hybridized carbons (Fsp3) is 0.120. The number of ether oxygens (including phenoxy) is 3. The molecule has 150 valence electrons. The number of para-hydroxylation sites is 1. The van der Waals surface area contributed by atoms with Crippen molar-refractivity contribution in [1.82, 2.24) is 0 Å². The minimum atomic E-state index is -0.352. The molecule has 0 aliphatic carbocycles. The zero-order valence-electron chi connectivity index (χ0n) is 16.8. The Labute approximate surface area is 175 Å². The van der Waals surface area contributed by atoms with Crippen LogP contribution in [0.1, 0.15) is 16.7 Å². The molecular formula is C25H21NO4. The summed E-state index contributed by atoms with van der Waals surface area (Å²) in [4.78, 5) is 12.2. The third-order valence-electron chi connectivity index (χ3n) is 4.45. The first-order chi connectivity index (χ1) is 14.6. The molecule has 0 atom stereocenters. The molecule has 0 aromatic heterocycles. The Bertz CT molecular complexity index is 1080. The smallest absolute Gasteiger partial charge is 0.315 e. The van der Waals surface area contributed by atoms with Crippen LogP contribution >= 0.6 is 0 Å². The molecule has 5 nitrogen and oxygen atoms in total. The number of hydrogen-bond donors (Lipinski definition) is 0. The number of nitrogens with zero attached hydrogens (tertiary/aromatic N) is 1. The van der Waals surface area contributed by atoms with Crippen LogP contribution in [0.3, 0.4) is 0 Å². The number of benzene rings is 3. The minimum absolute atomic E-state index is 0.165. The summed E-state index contributed by atoms with van der Waals surface area (Å²) in [6, 6.07) is 23.8. The van der Waals surface area contributed by atoms with Gasteiger partial charge in [-0.25, -0.2) is 0 Å². The SMILES string of the molecule is COc1ccc(CC(=O)Oc2ccc(/C=C(/C#N)c3ccccc3OC)cc2)cc1. The number of hydrogen-bond acceptors (Lipinski definition) is 5. The highest BCUT2D eigenvalue weighted by Gasteiger charge is 2.09. The first-order valence-corrected chi connectivity index (χ1v) is 9.32. The quantitative estimate of drug-likeness (QED) is 0.244. The van der Waals surface area contributed by atoms with Crippen molar-refractivity contribution in [3.63, 3.8) is 0 Å². The van der Waals surface area contributed by atoms with Crippen molar-refractivity contribution >= 4 is 17.6 Å².